The van der Waals surface area contributed by atoms with Gasteiger partial charge in [-0.15, -0.1) is 5.76 Å². The summed E-state index contributed by atoms with van der Waals surface area (Å²) >= 11 is 5.29. The van der Waals surface area contributed by atoms with E-state index in [2.05, 4.69) is 0 Å². The summed E-state index contributed by atoms with van der Waals surface area (Å²) < 4.78 is 0. The van der Waals surface area contributed by atoms with Gasteiger partial charge in [0.2, 0.25) is 5.24 Å². The Balaban J connectivity index is 0.00000105. The van der Waals surface area contributed by atoms with E-state index in [-0.39, 0.29) is 28.1 Å². The Morgan fingerprint density at radius 1 is 0.786 bits per heavy atom. The maximum absolute atomic E-state index is 11.8. The second kappa shape index (κ2) is 19.2. The molecule has 0 amide bonds. The maximum Gasteiger partial charge on any atom is 2.00 e. The number of carbonyl (C=O) groups is 1. The molecule has 28 heavy (non-hydrogen) atoms. The van der Waals surface area contributed by atoms with Crippen molar-refractivity contribution in [1.82, 2.24) is 0 Å². The number of carbonyl (C=O) groups excluding carboxylic acids is 1. The maximum atomic E-state index is 11.8. The van der Waals surface area contributed by atoms with Crippen LogP contribution in [-0.2, 0) is 21.9 Å². The van der Waals surface area contributed by atoms with Crippen molar-refractivity contribution in [2.24, 2.45) is 0 Å². The Kier molecular flexibility index (Phi) is 18.4. The zero-order chi connectivity index (χ0) is 19.6. The summed E-state index contributed by atoms with van der Waals surface area (Å²) in [5, 5.41) is 11.6. The van der Waals surface area contributed by atoms with E-state index >= 15 is 0 Å². The molecule has 156 valence electrons. The summed E-state index contributed by atoms with van der Waals surface area (Å²) in [4.78, 5) is 10.6. The van der Waals surface area contributed by atoms with Crippen LogP contribution in [0.4, 0.5) is 0 Å². The van der Waals surface area contributed by atoms with Crippen molar-refractivity contribution in [3.63, 3.8) is 0 Å². The van der Waals surface area contributed by atoms with Gasteiger partial charge in [-0.1, -0.05) is 82.1 Å². The third kappa shape index (κ3) is 15.9. The van der Waals surface area contributed by atoms with Crippen LogP contribution in [0.2, 0.25) is 0 Å². The van der Waals surface area contributed by atoms with E-state index in [4.69, 9.17) is 11.6 Å². The van der Waals surface area contributed by atoms with E-state index in [0.29, 0.717) is 12.8 Å². The average Bonchev–Trinajstić information content (AvgIpc) is 3.38. The first-order valence-corrected chi connectivity index (χ1v) is 10.7. The molecule has 4 heteroatoms. The Labute approximate surface area is 186 Å². The molecule has 1 aromatic carbocycles. The van der Waals surface area contributed by atoms with E-state index in [0.717, 1.165) is 31.3 Å². The van der Waals surface area contributed by atoms with Crippen molar-refractivity contribution in [1.29, 1.82) is 0 Å². The molecule has 0 radical (unpaired) electrons. The van der Waals surface area contributed by atoms with Crippen molar-refractivity contribution in [3.8, 4) is 0 Å². The molecule has 2 nitrogen and oxygen atoms in total. The minimum absolute atomic E-state index is 0. The van der Waals surface area contributed by atoms with Crippen LogP contribution in [0.5, 0.6) is 0 Å². The summed E-state index contributed by atoms with van der Waals surface area (Å²) in [6.45, 7) is 0. The first kappa shape index (κ1) is 26.8. The quantitative estimate of drug-likeness (QED) is 0.113. The van der Waals surface area contributed by atoms with E-state index in [1.54, 1.807) is 0 Å². The van der Waals surface area contributed by atoms with Crippen molar-refractivity contribution >= 4 is 16.8 Å². The molecule has 0 spiro atoms. The van der Waals surface area contributed by atoms with E-state index in [1.165, 1.54) is 38.5 Å². The minimum atomic E-state index is -0.211. The monoisotopic (exact) mass is 444 g/mol. The van der Waals surface area contributed by atoms with Crippen molar-refractivity contribution < 1.29 is 27.0 Å². The van der Waals surface area contributed by atoms with Crippen LogP contribution in [-0.4, -0.2) is 5.24 Å². The fourth-order valence-corrected chi connectivity index (χ4v) is 3.12. The number of halogens is 1. The van der Waals surface area contributed by atoms with Gasteiger partial charge in [0, 0.05) is 6.42 Å². The molecule has 0 unspecified atom stereocenters. The van der Waals surface area contributed by atoms with Crippen LogP contribution in [0.3, 0.4) is 0 Å². The average molecular weight is 445 g/mol. The molecule has 0 fully saturated rings. The van der Waals surface area contributed by atoms with Crippen LogP contribution in [0.1, 0.15) is 77.0 Å². The summed E-state index contributed by atoms with van der Waals surface area (Å²) in [6.07, 6.45) is 20.6. The molecule has 0 aliphatic heterocycles. The molecule has 0 N–H and O–H groups in total. The van der Waals surface area contributed by atoms with Gasteiger partial charge in [-0.2, -0.15) is 18.2 Å². The fraction of sp³-hybridized carbons (Fsp3) is 0.500. The summed E-state index contributed by atoms with van der Waals surface area (Å²) in [7, 11) is 0. The summed E-state index contributed by atoms with van der Waals surface area (Å²) in [6, 6.07) is 10.0. The van der Waals surface area contributed by atoms with Crippen LogP contribution < -0.4 is 5.11 Å². The molecule has 1 aromatic rings. The Morgan fingerprint density at radius 3 is 1.61 bits per heavy atom. The van der Waals surface area contributed by atoms with Gasteiger partial charge in [-0.3, -0.25) is 4.79 Å². The smallest absolute Gasteiger partial charge is 0.875 e. The first-order valence-electron chi connectivity index (χ1n) is 10.3. The van der Waals surface area contributed by atoms with Crippen LogP contribution in [0, 0.1) is 0 Å². The van der Waals surface area contributed by atoms with E-state index < -0.39 is 0 Å². The molecule has 0 heterocycles. The third-order valence-corrected chi connectivity index (χ3v) is 4.76. The van der Waals surface area contributed by atoms with Crippen molar-refractivity contribution in [2.45, 2.75) is 77.0 Å². The zero-order valence-corrected chi connectivity index (χ0v) is 18.6. The van der Waals surface area contributed by atoms with Crippen LogP contribution >= 0.6 is 11.6 Å². The predicted molar refractivity (Wildman–Crippen MR) is 114 cm³/mol. The van der Waals surface area contributed by atoms with Gasteiger partial charge in [0.15, 0.2) is 0 Å². The van der Waals surface area contributed by atoms with Gasteiger partial charge in [-0.25, -0.2) is 12.1 Å². The van der Waals surface area contributed by atoms with Gasteiger partial charge in [0.1, 0.15) is 0 Å². The van der Waals surface area contributed by atoms with Gasteiger partial charge in [0.05, 0.1) is 0 Å². The van der Waals surface area contributed by atoms with Crippen LogP contribution in [0.25, 0.3) is 0 Å². The predicted octanol–water partition coefficient (Wildman–Crippen LogP) is 6.58. The second-order valence-electron chi connectivity index (χ2n) is 6.95. The SMILES string of the molecule is O=C(Cl)CCCCCCCCCCCCC([O-])=C1C=CC=C1.[Fe+2].c1cc[cH-]c1. The molecule has 2 rings (SSSR count). The number of rotatable bonds is 13. The summed E-state index contributed by atoms with van der Waals surface area (Å²) in [5.74, 6) is 0.278. The van der Waals surface area contributed by atoms with Gasteiger partial charge < -0.3 is 5.11 Å². The van der Waals surface area contributed by atoms with E-state index in [9.17, 15) is 9.90 Å². The van der Waals surface area contributed by atoms with E-state index in [1.807, 2.05) is 54.6 Å². The van der Waals surface area contributed by atoms with Crippen molar-refractivity contribution in [2.75, 3.05) is 0 Å². The topological polar surface area (TPSA) is 40.1 Å². The Bertz CT molecular complexity index is 542. The minimum Gasteiger partial charge on any atom is -0.875 e. The molecule has 0 atom stereocenters. The Morgan fingerprint density at radius 2 is 1.21 bits per heavy atom. The van der Waals surface area contributed by atoms with Gasteiger partial charge in [0.25, 0.3) is 0 Å². The summed E-state index contributed by atoms with van der Waals surface area (Å²) in [5.41, 5.74) is 0.857. The standard InChI is InChI=1S/C19H29ClO2.C5H5.Fe/c20-19(22)16-10-8-6-4-2-1-3-5-7-9-15-18(21)17-13-11-12-14-17;1-2-4-5-3-1;/h11-14,21H,1-10,15-16H2;1-5H;/q;-1;+2/p-1. The Hall–Kier alpha value is -1.15. The second-order valence-corrected chi connectivity index (χ2v) is 7.37. The zero-order valence-electron chi connectivity index (χ0n) is 16.7. The molecule has 1 aliphatic rings. The number of hydrogen-bond acceptors (Lipinski definition) is 2. The molecule has 0 aromatic heterocycles. The molecule has 1 aliphatic carbocycles. The largest absolute Gasteiger partial charge is 2.00 e. The third-order valence-electron chi connectivity index (χ3n) is 4.57. The molecule has 0 saturated heterocycles. The van der Waals surface area contributed by atoms with Crippen molar-refractivity contribution in [3.05, 3.63) is 66.0 Å². The fourth-order valence-electron chi connectivity index (χ4n) is 2.99. The molecular weight excluding hydrogens is 412 g/mol. The number of unbranched alkanes of at least 4 members (excludes halogenated alkanes) is 9. The normalized spacial score (nSPS) is 11.7. The molecule has 0 bridgehead atoms. The molecular formula is C24H33ClFeO2. The first-order chi connectivity index (χ1) is 13.2. The molecule has 0 saturated carbocycles. The number of hydrogen-bond donors (Lipinski definition) is 0. The van der Waals surface area contributed by atoms with Gasteiger partial charge >= 0.3 is 17.1 Å². The number of allylic oxidation sites excluding steroid dienone is 6. The van der Waals surface area contributed by atoms with Gasteiger partial charge in [-0.05, 0) is 30.0 Å². The van der Waals surface area contributed by atoms with Crippen LogP contribution in [0.15, 0.2) is 66.0 Å².